The molecule has 20 heavy (non-hydrogen) atoms. The smallest absolute Gasteiger partial charge is 0.335 e. The molecule has 0 bridgehead atoms. The van der Waals surface area contributed by atoms with Crippen molar-refractivity contribution in [2.45, 2.75) is 0 Å². The number of amides is 1. The zero-order chi connectivity index (χ0) is 14.5. The van der Waals surface area contributed by atoms with Crippen LogP contribution in [0.25, 0.3) is 0 Å². The predicted molar refractivity (Wildman–Crippen MR) is 77.3 cm³/mol. The Labute approximate surface area is 116 Å². The van der Waals surface area contributed by atoms with Crippen molar-refractivity contribution in [2.75, 3.05) is 17.7 Å². The van der Waals surface area contributed by atoms with Crippen LogP contribution in [0.2, 0.25) is 0 Å². The number of nitrogens with one attached hydrogen (secondary N) is 2. The lowest BCUT2D eigenvalue weighted by Crippen LogP contribution is -2.14. The molecule has 5 nitrogen and oxygen atoms in total. The van der Waals surface area contributed by atoms with Crippen molar-refractivity contribution in [1.29, 1.82) is 0 Å². The summed E-state index contributed by atoms with van der Waals surface area (Å²) in [7, 11) is 1.74. The molecule has 1 amide bonds. The van der Waals surface area contributed by atoms with Gasteiger partial charge in [0, 0.05) is 18.4 Å². The van der Waals surface area contributed by atoms with Crippen LogP contribution in [-0.2, 0) is 0 Å². The molecule has 0 unspecified atom stereocenters. The molecule has 0 aromatic heterocycles. The highest BCUT2D eigenvalue weighted by atomic mass is 16.4. The third-order valence-corrected chi connectivity index (χ3v) is 2.83. The minimum atomic E-state index is -0.997. The van der Waals surface area contributed by atoms with E-state index in [0.717, 1.165) is 5.69 Å². The maximum Gasteiger partial charge on any atom is 0.335 e. The summed E-state index contributed by atoms with van der Waals surface area (Å²) in [6, 6.07) is 13.2. The number of aromatic carboxylic acids is 1. The second kappa shape index (κ2) is 5.88. The van der Waals surface area contributed by atoms with Gasteiger partial charge in [-0.05, 0) is 36.4 Å². The van der Waals surface area contributed by atoms with Crippen LogP contribution in [0.4, 0.5) is 11.4 Å². The van der Waals surface area contributed by atoms with Crippen molar-refractivity contribution >= 4 is 23.3 Å². The number of hydrogen-bond acceptors (Lipinski definition) is 3. The standard InChI is InChI=1S/C15H14N2O3/c1-16-13-5-3-2-4-12(13)14(18)17-11-8-6-10(7-9-11)15(19)20/h2-9,16H,1H3,(H,17,18)(H,19,20). The van der Waals surface area contributed by atoms with Crippen molar-refractivity contribution in [3.05, 3.63) is 59.7 Å². The quantitative estimate of drug-likeness (QED) is 0.798. The van der Waals surface area contributed by atoms with Gasteiger partial charge in [0.05, 0.1) is 11.1 Å². The van der Waals surface area contributed by atoms with E-state index in [4.69, 9.17) is 5.11 Å². The molecule has 0 aliphatic carbocycles. The lowest BCUT2D eigenvalue weighted by molar-refractivity contribution is 0.0696. The fourth-order valence-corrected chi connectivity index (χ4v) is 1.79. The van der Waals surface area contributed by atoms with Crippen molar-refractivity contribution in [3.63, 3.8) is 0 Å². The molecular weight excluding hydrogens is 256 g/mol. The van der Waals surface area contributed by atoms with Crippen LogP contribution in [-0.4, -0.2) is 24.0 Å². The number of carbonyl (C=O) groups is 2. The normalized spacial score (nSPS) is 9.85. The van der Waals surface area contributed by atoms with Gasteiger partial charge in [0.15, 0.2) is 0 Å². The minimum absolute atomic E-state index is 0.179. The second-order valence-electron chi connectivity index (χ2n) is 4.13. The molecule has 0 aliphatic heterocycles. The Bertz CT molecular complexity index is 636. The Morgan fingerprint density at radius 3 is 2.25 bits per heavy atom. The molecule has 0 fully saturated rings. The van der Waals surface area contributed by atoms with Gasteiger partial charge in [0.2, 0.25) is 0 Å². The van der Waals surface area contributed by atoms with Gasteiger partial charge >= 0.3 is 5.97 Å². The Kier molecular flexibility index (Phi) is 4.00. The molecule has 2 aromatic carbocycles. The number of hydrogen-bond donors (Lipinski definition) is 3. The van der Waals surface area contributed by atoms with E-state index in [9.17, 15) is 9.59 Å². The molecule has 102 valence electrons. The Hall–Kier alpha value is -2.82. The molecule has 5 heteroatoms. The highest BCUT2D eigenvalue weighted by Crippen LogP contribution is 2.17. The van der Waals surface area contributed by atoms with E-state index in [0.29, 0.717) is 11.3 Å². The van der Waals surface area contributed by atoms with E-state index in [1.807, 2.05) is 12.1 Å². The zero-order valence-electron chi connectivity index (χ0n) is 10.9. The van der Waals surface area contributed by atoms with Crippen molar-refractivity contribution in [2.24, 2.45) is 0 Å². The summed E-state index contributed by atoms with van der Waals surface area (Å²) in [5.41, 5.74) is 1.98. The number of rotatable bonds is 4. The van der Waals surface area contributed by atoms with Gasteiger partial charge in [-0.15, -0.1) is 0 Å². The van der Waals surface area contributed by atoms with E-state index in [1.54, 1.807) is 31.3 Å². The van der Waals surface area contributed by atoms with Crippen molar-refractivity contribution in [1.82, 2.24) is 0 Å². The summed E-state index contributed by atoms with van der Waals surface area (Å²) in [5, 5.41) is 14.5. The van der Waals surface area contributed by atoms with Crippen molar-refractivity contribution < 1.29 is 14.7 Å². The van der Waals surface area contributed by atoms with Gasteiger partial charge in [-0.25, -0.2) is 4.79 Å². The number of carboxylic acids is 1. The minimum Gasteiger partial charge on any atom is -0.478 e. The number of carboxylic acid groups (broad SMARTS) is 1. The lowest BCUT2D eigenvalue weighted by atomic mass is 10.1. The SMILES string of the molecule is CNc1ccccc1C(=O)Nc1ccc(C(=O)O)cc1. The Morgan fingerprint density at radius 1 is 1.00 bits per heavy atom. The maximum atomic E-state index is 12.1. The fourth-order valence-electron chi connectivity index (χ4n) is 1.79. The summed E-state index contributed by atoms with van der Waals surface area (Å²) in [4.78, 5) is 22.9. The van der Waals surface area contributed by atoms with Crippen LogP contribution < -0.4 is 10.6 Å². The molecule has 0 radical (unpaired) electrons. The van der Waals surface area contributed by atoms with E-state index >= 15 is 0 Å². The van der Waals surface area contributed by atoms with E-state index in [1.165, 1.54) is 12.1 Å². The fraction of sp³-hybridized carbons (Fsp3) is 0.0667. The largest absolute Gasteiger partial charge is 0.478 e. The molecule has 0 spiro atoms. The molecule has 0 atom stereocenters. The molecular formula is C15H14N2O3. The van der Waals surface area contributed by atoms with Gasteiger partial charge < -0.3 is 15.7 Å². The van der Waals surface area contributed by atoms with Crippen LogP contribution >= 0.6 is 0 Å². The highest BCUT2D eigenvalue weighted by Gasteiger charge is 2.10. The van der Waals surface area contributed by atoms with Crippen LogP contribution in [0.15, 0.2) is 48.5 Å². The molecule has 2 rings (SSSR count). The monoisotopic (exact) mass is 270 g/mol. The number of anilines is 2. The first kappa shape index (κ1) is 13.6. The zero-order valence-corrected chi connectivity index (χ0v) is 10.9. The molecule has 0 heterocycles. The first-order valence-electron chi connectivity index (χ1n) is 6.03. The number of carbonyl (C=O) groups excluding carboxylic acids is 1. The average Bonchev–Trinajstić information content (AvgIpc) is 2.47. The maximum absolute atomic E-state index is 12.1. The van der Waals surface area contributed by atoms with Gasteiger partial charge in [-0.3, -0.25) is 4.79 Å². The summed E-state index contributed by atoms with van der Waals surface area (Å²) in [5.74, 6) is -1.25. The molecule has 0 saturated heterocycles. The molecule has 0 aliphatic rings. The first-order chi connectivity index (χ1) is 9.61. The third kappa shape index (κ3) is 2.95. The van der Waals surface area contributed by atoms with E-state index in [-0.39, 0.29) is 11.5 Å². The summed E-state index contributed by atoms with van der Waals surface area (Å²) < 4.78 is 0. The third-order valence-electron chi connectivity index (χ3n) is 2.83. The van der Waals surface area contributed by atoms with Crippen LogP contribution in [0.1, 0.15) is 20.7 Å². The molecule has 0 saturated carbocycles. The second-order valence-corrected chi connectivity index (χ2v) is 4.13. The van der Waals surface area contributed by atoms with Gasteiger partial charge in [-0.1, -0.05) is 12.1 Å². The Morgan fingerprint density at radius 2 is 1.65 bits per heavy atom. The highest BCUT2D eigenvalue weighted by molar-refractivity contribution is 6.08. The number of para-hydroxylation sites is 1. The predicted octanol–water partition coefficient (Wildman–Crippen LogP) is 2.68. The Balaban J connectivity index is 2.17. The average molecular weight is 270 g/mol. The lowest BCUT2D eigenvalue weighted by Gasteiger charge is -2.09. The summed E-state index contributed by atoms with van der Waals surface area (Å²) in [6.45, 7) is 0. The summed E-state index contributed by atoms with van der Waals surface area (Å²) >= 11 is 0. The van der Waals surface area contributed by atoms with Gasteiger partial charge in [-0.2, -0.15) is 0 Å². The first-order valence-corrected chi connectivity index (χ1v) is 6.03. The molecule has 3 N–H and O–H groups in total. The molecule has 2 aromatic rings. The van der Waals surface area contributed by atoms with Crippen LogP contribution in [0.3, 0.4) is 0 Å². The van der Waals surface area contributed by atoms with E-state index in [2.05, 4.69) is 10.6 Å². The van der Waals surface area contributed by atoms with E-state index < -0.39 is 5.97 Å². The van der Waals surface area contributed by atoms with Crippen LogP contribution in [0.5, 0.6) is 0 Å². The topological polar surface area (TPSA) is 78.4 Å². The number of benzene rings is 2. The van der Waals surface area contributed by atoms with Crippen molar-refractivity contribution in [3.8, 4) is 0 Å². The van der Waals surface area contributed by atoms with Gasteiger partial charge in [0.25, 0.3) is 5.91 Å². The van der Waals surface area contributed by atoms with Crippen LogP contribution in [0, 0.1) is 0 Å². The van der Waals surface area contributed by atoms with Gasteiger partial charge in [0.1, 0.15) is 0 Å². The summed E-state index contributed by atoms with van der Waals surface area (Å²) in [6.07, 6.45) is 0.